The van der Waals surface area contributed by atoms with E-state index in [0.717, 1.165) is 0 Å². The Bertz CT molecular complexity index is 901. The lowest BCUT2D eigenvalue weighted by Gasteiger charge is -2.06. The average Bonchev–Trinajstić information content (AvgIpc) is 2.91. The number of fused-ring (bicyclic) bond motifs is 1. The number of carbonyl (C=O) groups is 1. The largest absolute Gasteiger partial charge is 0.292 e. The molecule has 1 aromatic carbocycles. The summed E-state index contributed by atoms with van der Waals surface area (Å²) in [5.74, 6) is -0.267. The van der Waals surface area contributed by atoms with Crippen LogP contribution in [0.2, 0.25) is 10.0 Å². The number of rotatable bonds is 3. The summed E-state index contributed by atoms with van der Waals surface area (Å²) in [6.45, 7) is -0.110. The van der Waals surface area contributed by atoms with Crippen LogP contribution in [0.5, 0.6) is 0 Å². The minimum absolute atomic E-state index is 0.110. The molecule has 0 saturated heterocycles. The first-order valence-electron chi connectivity index (χ1n) is 5.97. The maximum atomic E-state index is 12.3. The van der Waals surface area contributed by atoms with Crippen molar-refractivity contribution in [3.8, 4) is 0 Å². The van der Waals surface area contributed by atoms with Gasteiger partial charge in [0, 0.05) is 10.6 Å². The lowest BCUT2D eigenvalue weighted by molar-refractivity contribution is 0.0971. The topological polar surface area (TPSA) is 52.0 Å². The number of carbonyl (C=O) groups excluding carboxylic acids is 1. The predicted molar refractivity (Wildman–Crippen MR) is 84.7 cm³/mol. The van der Waals surface area contributed by atoms with Gasteiger partial charge in [-0.1, -0.05) is 23.2 Å². The summed E-state index contributed by atoms with van der Waals surface area (Å²) in [5, 5.41) is 2.52. The number of halogens is 2. The van der Waals surface area contributed by atoms with Crippen molar-refractivity contribution in [3.05, 3.63) is 61.9 Å². The van der Waals surface area contributed by atoms with E-state index in [-0.39, 0.29) is 22.9 Å². The summed E-state index contributed by atoms with van der Waals surface area (Å²) < 4.78 is 1.82. The molecular weight excluding hydrogens is 331 g/mol. The van der Waals surface area contributed by atoms with Gasteiger partial charge in [-0.05, 0) is 29.6 Å². The van der Waals surface area contributed by atoms with Crippen molar-refractivity contribution in [2.75, 3.05) is 0 Å². The molecule has 2 heterocycles. The van der Waals surface area contributed by atoms with Crippen molar-refractivity contribution in [1.29, 1.82) is 0 Å². The fraction of sp³-hybridized carbons (Fsp3) is 0.0714. The number of benzene rings is 1. The molecule has 106 valence electrons. The maximum absolute atomic E-state index is 12.3. The molecule has 0 radical (unpaired) electrons. The van der Waals surface area contributed by atoms with Gasteiger partial charge in [-0.3, -0.25) is 14.2 Å². The Kier molecular flexibility index (Phi) is 3.80. The van der Waals surface area contributed by atoms with E-state index < -0.39 is 0 Å². The van der Waals surface area contributed by atoms with Gasteiger partial charge >= 0.3 is 0 Å². The van der Waals surface area contributed by atoms with Gasteiger partial charge in [0.1, 0.15) is 4.70 Å². The molecule has 0 aliphatic heterocycles. The standard InChI is InChI=1S/C14H8Cl2N2O2S/c15-8-1-2-9(10(16)5-8)12(19)6-18-7-17-11-3-4-21-13(11)14(18)20/h1-5,7H,6H2. The molecule has 0 saturated carbocycles. The van der Waals surface area contributed by atoms with Gasteiger partial charge in [0.2, 0.25) is 0 Å². The molecule has 0 spiro atoms. The van der Waals surface area contributed by atoms with Crippen LogP contribution in [-0.4, -0.2) is 15.3 Å². The second-order valence-electron chi connectivity index (χ2n) is 4.36. The summed E-state index contributed by atoms with van der Waals surface area (Å²) >= 11 is 13.1. The monoisotopic (exact) mass is 338 g/mol. The summed E-state index contributed by atoms with van der Waals surface area (Å²) in [6, 6.07) is 6.41. The van der Waals surface area contributed by atoms with E-state index in [2.05, 4.69) is 4.98 Å². The van der Waals surface area contributed by atoms with Crippen LogP contribution < -0.4 is 5.56 Å². The van der Waals surface area contributed by atoms with Gasteiger partial charge in [-0.25, -0.2) is 4.98 Å². The molecule has 0 atom stereocenters. The average molecular weight is 339 g/mol. The quantitative estimate of drug-likeness (QED) is 0.685. The SMILES string of the molecule is O=C(Cn1cnc2ccsc2c1=O)c1ccc(Cl)cc1Cl. The van der Waals surface area contributed by atoms with Gasteiger partial charge in [0.05, 0.1) is 23.4 Å². The van der Waals surface area contributed by atoms with E-state index in [4.69, 9.17) is 23.2 Å². The number of hydrogen-bond donors (Lipinski definition) is 0. The first kappa shape index (κ1) is 14.3. The van der Waals surface area contributed by atoms with Gasteiger partial charge < -0.3 is 0 Å². The lowest BCUT2D eigenvalue weighted by Crippen LogP contribution is -2.24. The Hall–Kier alpha value is -1.69. The summed E-state index contributed by atoms with van der Waals surface area (Å²) in [4.78, 5) is 28.6. The van der Waals surface area contributed by atoms with Gasteiger partial charge in [-0.2, -0.15) is 0 Å². The Morgan fingerprint density at radius 3 is 2.86 bits per heavy atom. The fourth-order valence-corrected chi connectivity index (χ4v) is 3.25. The van der Waals surface area contributed by atoms with E-state index in [9.17, 15) is 9.59 Å². The van der Waals surface area contributed by atoms with E-state index in [1.807, 2.05) is 0 Å². The minimum atomic E-state index is -0.267. The number of aromatic nitrogens is 2. The number of ketones is 1. The van der Waals surface area contributed by atoms with Crippen molar-refractivity contribution < 1.29 is 4.79 Å². The van der Waals surface area contributed by atoms with Crippen molar-refractivity contribution in [3.63, 3.8) is 0 Å². The Morgan fingerprint density at radius 2 is 2.10 bits per heavy atom. The van der Waals surface area contributed by atoms with Crippen molar-refractivity contribution in [1.82, 2.24) is 9.55 Å². The highest BCUT2D eigenvalue weighted by atomic mass is 35.5. The van der Waals surface area contributed by atoms with E-state index in [1.54, 1.807) is 23.6 Å². The third-order valence-electron chi connectivity index (χ3n) is 2.98. The zero-order valence-corrected chi connectivity index (χ0v) is 12.9. The molecule has 0 amide bonds. The molecule has 0 aliphatic rings. The van der Waals surface area contributed by atoms with Crippen LogP contribution in [0.25, 0.3) is 10.2 Å². The molecule has 4 nitrogen and oxygen atoms in total. The van der Waals surface area contributed by atoms with Crippen LogP contribution in [0.1, 0.15) is 10.4 Å². The van der Waals surface area contributed by atoms with Crippen LogP contribution in [0.4, 0.5) is 0 Å². The summed E-state index contributed by atoms with van der Waals surface area (Å²) in [6.07, 6.45) is 1.37. The summed E-state index contributed by atoms with van der Waals surface area (Å²) in [5.41, 5.74) is 0.742. The number of Topliss-reactive ketones (excluding diaryl/α,β-unsaturated/α-hetero) is 1. The van der Waals surface area contributed by atoms with Crippen LogP contribution in [0.3, 0.4) is 0 Å². The molecular formula is C14H8Cl2N2O2S. The Balaban J connectivity index is 1.96. The van der Waals surface area contributed by atoms with Crippen LogP contribution in [-0.2, 0) is 6.54 Å². The second kappa shape index (κ2) is 5.60. The van der Waals surface area contributed by atoms with Crippen LogP contribution in [0.15, 0.2) is 40.8 Å². The molecule has 0 fully saturated rings. The molecule has 7 heteroatoms. The highest BCUT2D eigenvalue weighted by Gasteiger charge is 2.13. The third kappa shape index (κ3) is 2.72. The zero-order chi connectivity index (χ0) is 15.0. The molecule has 0 aliphatic carbocycles. The zero-order valence-electron chi connectivity index (χ0n) is 10.5. The van der Waals surface area contributed by atoms with Crippen molar-refractivity contribution >= 4 is 50.5 Å². The Labute approximate surface area is 133 Å². The molecule has 0 unspecified atom stereocenters. The first-order valence-corrected chi connectivity index (χ1v) is 7.61. The van der Waals surface area contributed by atoms with E-state index in [1.165, 1.54) is 28.3 Å². The molecule has 3 rings (SSSR count). The smallest absolute Gasteiger partial charge is 0.271 e. The highest BCUT2D eigenvalue weighted by molar-refractivity contribution is 7.17. The molecule has 0 N–H and O–H groups in total. The molecule has 3 aromatic rings. The van der Waals surface area contributed by atoms with Crippen molar-refractivity contribution in [2.45, 2.75) is 6.54 Å². The number of nitrogens with zero attached hydrogens (tertiary/aromatic N) is 2. The molecule has 2 aromatic heterocycles. The normalized spacial score (nSPS) is 11.0. The second-order valence-corrected chi connectivity index (χ2v) is 6.12. The van der Waals surface area contributed by atoms with Crippen LogP contribution in [0, 0.1) is 0 Å². The number of hydrogen-bond acceptors (Lipinski definition) is 4. The summed E-state index contributed by atoms with van der Waals surface area (Å²) in [7, 11) is 0. The van der Waals surface area contributed by atoms with Crippen LogP contribution >= 0.6 is 34.5 Å². The van der Waals surface area contributed by atoms with Gasteiger partial charge in [-0.15, -0.1) is 11.3 Å². The number of thiophene rings is 1. The van der Waals surface area contributed by atoms with Gasteiger partial charge in [0.25, 0.3) is 5.56 Å². The van der Waals surface area contributed by atoms with Crippen molar-refractivity contribution in [2.24, 2.45) is 0 Å². The van der Waals surface area contributed by atoms with Gasteiger partial charge in [0.15, 0.2) is 5.78 Å². The predicted octanol–water partition coefficient (Wildman–Crippen LogP) is 3.65. The third-order valence-corrected chi connectivity index (χ3v) is 4.42. The Morgan fingerprint density at radius 1 is 1.29 bits per heavy atom. The molecule has 0 bridgehead atoms. The fourth-order valence-electron chi connectivity index (χ4n) is 1.95. The van der Waals surface area contributed by atoms with E-state index >= 15 is 0 Å². The molecule has 21 heavy (non-hydrogen) atoms. The first-order chi connectivity index (χ1) is 10.1. The van der Waals surface area contributed by atoms with E-state index in [0.29, 0.717) is 20.8 Å². The minimum Gasteiger partial charge on any atom is -0.292 e. The highest BCUT2D eigenvalue weighted by Crippen LogP contribution is 2.21. The maximum Gasteiger partial charge on any atom is 0.271 e. The lowest BCUT2D eigenvalue weighted by atomic mass is 10.1.